The Balaban J connectivity index is 1.34. The van der Waals surface area contributed by atoms with E-state index in [-0.39, 0.29) is 5.91 Å². The molecular weight excluding hydrogens is 524 g/mol. The summed E-state index contributed by atoms with van der Waals surface area (Å²) in [5.41, 5.74) is 3.32. The van der Waals surface area contributed by atoms with Gasteiger partial charge in [0.15, 0.2) is 0 Å². The third-order valence-electron chi connectivity index (χ3n) is 8.56. The standard InChI is InChI=1S/C31H37ClN6O2/c1-3-28(39)36-16-18-37(19-17-36)30-24-11-7-15-38(27-13-5-9-22-8-4-12-25(32)29(22)27)20-26(24)33-31(34-30)40-21-23-10-6-14-35(23)2/h3-5,8-9,12-13,23H,1,6-7,10-11,14-21H2,2H3/t23-/m0/s1. The molecule has 0 bridgehead atoms. The maximum absolute atomic E-state index is 12.2. The summed E-state index contributed by atoms with van der Waals surface area (Å²) in [5.74, 6) is 0.929. The smallest absolute Gasteiger partial charge is 0.318 e. The number of amides is 1. The van der Waals surface area contributed by atoms with Crippen molar-refractivity contribution < 1.29 is 9.53 Å². The molecule has 2 fully saturated rings. The second-order valence-electron chi connectivity index (χ2n) is 11.0. The van der Waals surface area contributed by atoms with Crippen molar-refractivity contribution in [3.05, 3.63) is 65.3 Å². The molecule has 2 aromatic carbocycles. The van der Waals surface area contributed by atoms with Gasteiger partial charge in [-0.1, -0.05) is 42.4 Å². The summed E-state index contributed by atoms with van der Waals surface area (Å²) in [4.78, 5) is 31.1. The van der Waals surface area contributed by atoms with E-state index in [9.17, 15) is 4.79 Å². The number of carbonyl (C=O) groups excluding carboxylic acids is 1. The number of rotatable bonds is 6. The van der Waals surface area contributed by atoms with E-state index in [1.54, 1.807) is 0 Å². The van der Waals surface area contributed by atoms with E-state index in [0.717, 1.165) is 78.4 Å². The van der Waals surface area contributed by atoms with Crippen LogP contribution in [0.25, 0.3) is 10.8 Å². The van der Waals surface area contributed by atoms with Crippen LogP contribution in [0.1, 0.15) is 30.5 Å². The average molecular weight is 561 g/mol. The first-order valence-corrected chi connectivity index (χ1v) is 14.7. The molecule has 1 amide bonds. The van der Waals surface area contributed by atoms with Gasteiger partial charge in [0.05, 0.1) is 17.3 Å². The zero-order valence-electron chi connectivity index (χ0n) is 23.2. The Kier molecular flexibility index (Phi) is 7.80. The van der Waals surface area contributed by atoms with Gasteiger partial charge in [-0.25, -0.2) is 0 Å². The van der Waals surface area contributed by atoms with E-state index in [1.165, 1.54) is 18.1 Å². The molecule has 9 heteroatoms. The van der Waals surface area contributed by atoms with Crippen LogP contribution in [-0.2, 0) is 17.8 Å². The molecule has 6 rings (SSSR count). The van der Waals surface area contributed by atoms with Crippen LogP contribution in [0.5, 0.6) is 6.01 Å². The van der Waals surface area contributed by atoms with E-state index in [1.807, 2.05) is 17.0 Å². The predicted molar refractivity (Wildman–Crippen MR) is 160 cm³/mol. The molecule has 2 saturated heterocycles. The molecule has 4 heterocycles. The highest BCUT2D eigenvalue weighted by molar-refractivity contribution is 6.36. The molecule has 3 aliphatic rings. The first kappa shape index (κ1) is 26.8. The van der Waals surface area contributed by atoms with E-state index < -0.39 is 0 Å². The molecule has 1 atom stereocenters. The Bertz CT molecular complexity index is 1400. The van der Waals surface area contributed by atoms with Crippen molar-refractivity contribution in [1.29, 1.82) is 0 Å². The van der Waals surface area contributed by atoms with Crippen LogP contribution < -0.4 is 14.5 Å². The fourth-order valence-electron chi connectivity index (χ4n) is 6.29. The minimum Gasteiger partial charge on any atom is -0.462 e. The maximum Gasteiger partial charge on any atom is 0.318 e. The molecule has 3 aliphatic heterocycles. The number of hydrogen-bond donors (Lipinski definition) is 0. The summed E-state index contributed by atoms with van der Waals surface area (Å²) < 4.78 is 6.30. The summed E-state index contributed by atoms with van der Waals surface area (Å²) in [7, 11) is 2.15. The number of likely N-dealkylation sites (N-methyl/N-ethyl adjacent to an activating group) is 1. The molecule has 3 aromatic rings. The highest BCUT2D eigenvalue weighted by atomic mass is 35.5. The summed E-state index contributed by atoms with van der Waals surface area (Å²) in [6, 6.07) is 13.3. The molecule has 8 nitrogen and oxygen atoms in total. The van der Waals surface area contributed by atoms with Crippen LogP contribution in [0.3, 0.4) is 0 Å². The molecule has 40 heavy (non-hydrogen) atoms. The summed E-state index contributed by atoms with van der Waals surface area (Å²) in [6.07, 6.45) is 5.58. The zero-order valence-corrected chi connectivity index (χ0v) is 23.9. The topological polar surface area (TPSA) is 65.0 Å². The number of benzene rings is 2. The normalized spacial score (nSPS) is 19.9. The lowest BCUT2D eigenvalue weighted by Gasteiger charge is -2.36. The predicted octanol–water partition coefficient (Wildman–Crippen LogP) is 4.54. The fourth-order valence-corrected chi connectivity index (χ4v) is 6.57. The Morgan fingerprint density at radius 2 is 1.85 bits per heavy atom. The molecule has 1 aromatic heterocycles. The first-order chi connectivity index (χ1) is 19.5. The number of aromatic nitrogens is 2. The second-order valence-corrected chi connectivity index (χ2v) is 11.4. The molecule has 0 aliphatic carbocycles. The zero-order chi connectivity index (χ0) is 27.6. The third kappa shape index (κ3) is 5.34. The minimum atomic E-state index is -0.0183. The van der Waals surface area contributed by atoms with Crippen LogP contribution in [0.15, 0.2) is 49.1 Å². The van der Waals surface area contributed by atoms with Gasteiger partial charge in [0, 0.05) is 55.4 Å². The third-order valence-corrected chi connectivity index (χ3v) is 8.88. The molecule has 210 valence electrons. The number of halogens is 1. The first-order valence-electron chi connectivity index (χ1n) is 14.3. The lowest BCUT2D eigenvalue weighted by atomic mass is 10.1. The van der Waals surface area contributed by atoms with Crippen LogP contribution in [0.4, 0.5) is 11.5 Å². The van der Waals surface area contributed by atoms with E-state index in [0.29, 0.717) is 38.3 Å². The Hall–Kier alpha value is -3.36. The molecule has 0 unspecified atom stereocenters. The number of piperazine rings is 1. The van der Waals surface area contributed by atoms with Crippen LogP contribution >= 0.6 is 11.6 Å². The van der Waals surface area contributed by atoms with E-state index in [4.69, 9.17) is 26.3 Å². The maximum atomic E-state index is 12.2. The molecule has 0 N–H and O–H groups in total. The lowest BCUT2D eigenvalue weighted by Crippen LogP contribution is -2.49. The summed E-state index contributed by atoms with van der Waals surface area (Å²) in [6.45, 7) is 9.61. The minimum absolute atomic E-state index is 0.0183. The number of carbonyl (C=O) groups is 1. The summed E-state index contributed by atoms with van der Waals surface area (Å²) >= 11 is 6.72. The van der Waals surface area contributed by atoms with Crippen molar-refractivity contribution in [1.82, 2.24) is 19.8 Å². The van der Waals surface area contributed by atoms with E-state index >= 15 is 0 Å². The summed E-state index contributed by atoms with van der Waals surface area (Å²) in [5, 5.41) is 2.97. The Morgan fingerprint density at radius 1 is 1.05 bits per heavy atom. The van der Waals surface area contributed by atoms with Crippen molar-refractivity contribution >= 4 is 39.8 Å². The van der Waals surface area contributed by atoms with Crippen LogP contribution in [0, 0.1) is 0 Å². The number of fused-ring (bicyclic) bond motifs is 2. The average Bonchev–Trinajstić information content (AvgIpc) is 3.27. The number of anilines is 2. The van der Waals surface area contributed by atoms with E-state index in [2.05, 4.69) is 52.6 Å². The van der Waals surface area contributed by atoms with Crippen molar-refractivity contribution in [3.8, 4) is 6.01 Å². The Morgan fingerprint density at radius 3 is 2.60 bits per heavy atom. The number of hydrogen-bond acceptors (Lipinski definition) is 7. The van der Waals surface area contributed by atoms with Gasteiger partial charge >= 0.3 is 6.01 Å². The number of likely N-dealkylation sites (tertiary alicyclic amines) is 1. The number of ether oxygens (including phenoxy) is 1. The monoisotopic (exact) mass is 560 g/mol. The van der Waals surface area contributed by atoms with Crippen LogP contribution in [-0.4, -0.2) is 84.6 Å². The van der Waals surface area contributed by atoms with Gasteiger partial charge < -0.3 is 24.3 Å². The van der Waals surface area contributed by atoms with Gasteiger partial charge in [0.2, 0.25) is 5.91 Å². The van der Waals surface area contributed by atoms with Crippen LogP contribution in [0.2, 0.25) is 5.02 Å². The van der Waals surface area contributed by atoms with Gasteiger partial charge in [0.25, 0.3) is 0 Å². The fraction of sp³-hybridized carbons (Fsp3) is 0.452. The van der Waals surface area contributed by atoms with Gasteiger partial charge in [-0.3, -0.25) is 4.79 Å². The largest absolute Gasteiger partial charge is 0.462 e. The highest BCUT2D eigenvalue weighted by Crippen LogP contribution is 2.36. The van der Waals surface area contributed by atoms with Gasteiger partial charge in [-0.15, -0.1) is 0 Å². The Labute approximate surface area is 241 Å². The highest BCUT2D eigenvalue weighted by Gasteiger charge is 2.29. The quantitative estimate of drug-likeness (QED) is 0.410. The van der Waals surface area contributed by atoms with Crippen molar-refractivity contribution in [2.24, 2.45) is 0 Å². The molecule has 0 radical (unpaired) electrons. The van der Waals surface area contributed by atoms with Crippen molar-refractivity contribution in [2.75, 3.05) is 62.7 Å². The molecular formula is C31H37ClN6O2. The van der Waals surface area contributed by atoms with Gasteiger partial charge in [0.1, 0.15) is 12.4 Å². The van der Waals surface area contributed by atoms with Crippen molar-refractivity contribution in [3.63, 3.8) is 0 Å². The number of nitrogens with zero attached hydrogens (tertiary/aromatic N) is 6. The molecule has 0 spiro atoms. The van der Waals surface area contributed by atoms with Gasteiger partial charge in [-0.05, 0) is 62.9 Å². The molecule has 0 saturated carbocycles. The van der Waals surface area contributed by atoms with Gasteiger partial charge in [-0.2, -0.15) is 9.97 Å². The SMILES string of the molecule is C=CC(=O)N1CCN(c2nc(OC[C@@H]3CCCN3C)nc3c2CCCN(c2cccc4cccc(Cl)c24)C3)CC1. The second kappa shape index (κ2) is 11.6. The lowest BCUT2D eigenvalue weighted by molar-refractivity contribution is -0.126. The van der Waals surface area contributed by atoms with Crippen molar-refractivity contribution in [2.45, 2.75) is 38.3 Å².